The summed E-state index contributed by atoms with van der Waals surface area (Å²) in [6.45, 7) is 4.53. The number of carboxylic acid groups (broad SMARTS) is 1. The Morgan fingerprint density at radius 1 is 1.25 bits per heavy atom. The normalized spacial score (nSPS) is 23.8. The molecule has 2 aromatic heterocycles. The summed E-state index contributed by atoms with van der Waals surface area (Å²) in [7, 11) is 0. The third-order valence-corrected chi connectivity index (χ3v) is 5.27. The van der Waals surface area contributed by atoms with Crippen molar-refractivity contribution in [3.63, 3.8) is 0 Å². The largest absolute Gasteiger partial charge is 0.481 e. The molecule has 7 heteroatoms. The molecule has 0 bridgehead atoms. The molecule has 1 N–H and O–H groups in total. The molecule has 0 spiro atoms. The molecule has 1 aliphatic heterocycles. The van der Waals surface area contributed by atoms with E-state index < -0.39 is 11.9 Å². The number of fused-ring (bicyclic) bond motifs is 1. The second kappa shape index (κ2) is 5.29. The molecule has 4 rings (SSSR count). The van der Waals surface area contributed by atoms with Crippen LogP contribution >= 0.6 is 0 Å². The number of aryl methyl sites for hydroxylation is 2. The zero-order valence-electron chi connectivity index (χ0n) is 13.8. The number of carboxylic acids is 1. The molecule has 7 nitrogen and oxygen atoms in total. The van der Waals surface area contributed by atoms with Gasteiger partial charge in [0.1, 0.15) is 0 Å². The lowest BCUT2D eigenvalue weighted by Crippen LogP contribution is -2.31. The van der Waals surface area contributed by atoms with Gasteiger partial charge in [-0.15, -0.1) is 0 Å². The van der Waals surface area contributed by atoms with Crippen LogP contribution in [0.25, 0.3) is 5.65 Å². The molecule has 126 valence electrons. The first-order valence-corrected chi connectivity index (χ1v) is 8.29. The Kier molecular flexibility index (Phi) is 3.33. The number of rotatable bonds is 3. The summed E-state index contributed by atoms with van der Waals surface area (Å²) in [5, 5.41) is 13.8. The first-order valence-electron chi connectivity index (χ1n) is 8.29. The van der Waals surface area contributed by atoms with Gasteiger partial charge in [-0.2, -0.15) is 5.10 Å². The lowest BCUT2D eigenvalue weighted by molar-refractivity contribution is -0.142. The first kappa shape index (κ1) is 15.1. The van der Waals surface area contributed by atoms with E-state index in [1.54, 1.807) is 15.6 Å². The van der Waals surface area contributed by atoms with E-state index in [1.807, 2.05) is 19.9 Å². The number of nitrogens with zero attached hydrogens (tertiary/aromatic N) is 4. The summed E-state index contributed by atoms with van der Waals surface area (Å²) in [5.41, 5.74) is 2.78. The number of hydrogen-bond acceptors (Lipinski definition) is 4. The number of carbonyl (C=O) groups is 2. The van der Waals surface area contributed by atoms with Gasteiger partial charge in [-0.3, -0.25) is 9.59 Å². The smallest absolute Gasteiger partial charge is 0.308 e. The van der Waals surface area contributed by atoms with Gasteiger partial charge in [-0.25, -0.2) is 9.50 Å². The molecule has 1 saturated heterocycles. The summed E-state index contributed by atoms with van der Waals surface area (Å²) < 4.78 is 1.67. The van der Waals surface area contributed by atoms with Crippen molar-refractivity contribution in [2.45, 2.75) is 26.7 Å². The van der Waals surface area contributed by atoms with E-state index in [-0.39, 0.29) is 18.4 Å². The van der Waals surface area contributed by atoms with Gasteiger partial charge in [0.05, 0.1) is 22.9 Å². The van der Waals surface area contributed by atoms with E-state index in [0.717, 1.165) is 24.2 Å². The third-order valence-electron chi connectivity index (χ3n) is 5.27. The molecule has 1 aliphatic carbocycles. The van der Waals surface area contributed by atoms with Crippen molar-refractivity contribution in [3.8, 4) is 0 Å². The van der Waals surface area contributed by atoms with Gasteiger partial charge in [0.25, 0.3) is 5.91 Å². The van der Waals surface area contributed by atoms with Gasteiger partial charge < -0.3 is 10.0 Å². The van der Waals surface area contributed by atoms with Crippen LogP contribution in [0.5, 0.6) is 0 Å². The van der Waals surface area contributed by atoms with E-state index in [2.05, 4.69) is 10.1 Å². The van der Waals surface area contributed by atoms with Gasteiger partial charge in [0.2, 0.25) is 0 Å². The zero-order chi connectivity index (χ0) is 17.0. The number of aromatic nitrogens is 3. The van der Waals surface area contributed by atoms with Gasteiger partial charge in [0, 0.05) is 25.4 Å². The van der Waals surface area contributed by atoms with Crippen molar-refractivity contribution >= 4 is 17.5 Å². The molecule has 1 saturated carbocycles. The van der Waals surface area contributed by atoms with Crippen LogP contribution in [-0.2, 0) is 4.79 Å². The topological polar surface area (TPSA) is 87.8 Å². The van der Waals surface area contributed by atoms with Crippen LogP contribution < -0.4 is 0 Å². The number of amides is 1. The summed E-state index contributed by atoms with van der Waals surface area (Å²) in [6.07, 6.45) is 3.74. The van der Waals surface area contributed by atoms with Crippen LogP contribution in [-0.4, -0.2) is 49.6 Å². The van der Waals surface area contributed by atoms with Crippen molar-refractivity contribution in [3.05, 3.63) is 29.2 Å². The minimum Gasteiger partial charge on any atom is -0.481 e. The Morgan fingerprint density at radius 3 is 2.67 bits per heavy atom. The fourth-order valence-electron chi connectivity index (χ4n) is 3.80. The molecule has 2 atom stereocenters. The third kappa shape index (κ3) is 2.35. The van der Waals surface area contributed by atoms with E-state index in [1.165, 1.54) is 0 Å². The minimum absolute atomic E-state index is 0.0791. The second-order valence-electron chi connectivity index (χ2n) is 6.97. The fraction of sp³-hybridized carbons (Fsp3) is 0.529. The average molecular weight is 328 g/mol. The zero-order valence-corrected chi connectivity index (χ0v) is 13.8. The van der Waals surface area contributed by atoms with Gasteiger partial charge in [0.15, 0.2) is 5.65 Å². The highest BCUT2D eigenvalue weighted by atomic mass is 16.4. The Balaban J connectivity index is 1.64. The van der Waals surface area contributed by atoms with Gasteiger partial charge in [-0.05, 0) is 38.5 Å². The fourth-order valence-corrected chi connectivity index (χ4v) is 3.80. The quantitative estimate of drug-likeness (QED) is 0.923. The van der Waals surface area contributed by atoms with Crippen LogP contribution in [0.15, 0.2) is 12.3 Å². The maximum Gasteiger partial charge on any atom is 0.308 e. The van der Waals surface area contributed by atoms with Crippen molar-refractivity contribution in [2.75, 3.05) is 13.1 Å². The monoisotopic (exact) mass is 328 g/mol. The number of hydrogen-bond donors (Lipinski definition) is 1. The highest BCUT2D eigenvalue weighted by Crippen LogP contribution is 2.44. The predicted molar refractivity (Wildman–Crippen MR) is 85.7 cm³/mol. The van der Waals surface area contributed by atoms with E-state index in [0.29, 0.717) is 23.7 Å². The Hall–Kier alpha value is -2.44. The van der Waals surface area contributed by atoms with Crippen LogP contribution in [0, 0.1) is 31.6 Å². The summed E-state index contributed by atoms with van der Waals surface area (Å²) in [5.74, 6) is -0.861. The van der Waals surface area contributed by atoms with Crippen LogP contribution in [0.3, 0.4) is 0 Å². The Morgan fingerprint density at radius 2 is 2.00 bits per heavy atom. The van der Waals surface area contributed by atoms with Crippen molar-refractivity contribution in [1.82, 2.24) is 19.5 Å². The van der Waals surface area contributed by atoms with Crippen LogP contribution in [0.2, 0.25) is 0 Å². The Labute approximate surface area is 139 Å². The number of carbonyl (C=O) groups excluding carboxylic acids is 1. The molecule has 0 aromatic carbocycles. The first-order chi connectivity index (χ1) is 11.5. The van der Waals surface area contributed by atoms with E-state index in [9.17, 15) is 14.7 Å². The summed E-state index contributed by atoms with van der Waals surface area (Å²) in [6, 6.07) is 1.86. The molecule has 24 heavy (non-hydrogen) atoms. The Bertz CT molecular complexity index is 840. The van der Waals surface area contributed by atoms with E-state index in [4.69, 9.17) is 0 Å². The van der Waals surface area contributed by atoms with Crippen molar-refractivity contribution in [2.24, 2.45) is 17.8 Å². The average Bonchev–Trinajstić information content (AvgIpc) is 3.15. The van der Waals surface area contributed by atoms with Gasteiger partial charge in [-0.1, -0.05) is 0 Å². The lowest BCUT2D eigenvalue weighted by atomic mass is 9.92. The SMILES string of the molecule is Cc1cc2ncc(C(=O)N3C[C@H](C(=O)O)[C@@H](C4CC4)C3)c(C)n2n1. The second-order valence-corrected chi connectivity index (χ2v) is 6.97. The van der Waals surface area contributed by atoms with Gasteiger partial charge >= 0.3 is 5.97 Å². The molecule has 2 aromatic rings. The molecular weight excluding hydrogens is 308 g/mol. The van der Waals surface area contributed by atoms with Crippen molar-refractivity contribution in [1.29, 1.82) is 0 Å². The van der Waals surface area contributed by atoms with Crippen LogP contribution in [0.1, 0.15) is 34.6 Å². The molecule has 1 amide bonds. The highest BCUT2D eigenvalue weighted by Gasteiger charge is 2.47. The molecular formula is C17H20N4O3. The number of aliphatic carboxylic acids is 1. The molecule has 2 aliphatic rings. The molecule has 0 radical (unpaired) electrons. The highest BCUT2D eigenvalue weighted by molar-refractivity contribution is 5.95. The summed E-state index contributed by atoms with van der Waals surface area (Å²) >= 11 is 0. The predicted octanol–water partition coefficient (Wildman–Crippen LogP) is 1.53. The maximum atomic E-state index is 12.9. The summed E-state index contributed by atoms with van der Waals surface area (Å²) in [4.78, 5) is 30.4. The molecule has 0 unspecified atom stereocenters. The standard InChI is InChI=1S/C17H20N4O3/c1-9-5-15-18-6-12(10(2)21(15)19-9)16(22)20-7-13(11-3-4-11)14(8-20)17(23)24/h5-6,11,13-14H,3-4,7-8H2,1-2H3,(H,23,24)/t13-,14+/m1/s1. The minimum atomic E-state index is -0.796. The van der Waals surface area contributed by atoms with Crippen LogP contribution in [0.4, 0.5) is 0 Å². The van der Waals surface area contributed by atoms with Crippen molar-refractivity contribution < 1.29 is 14.7 Å². The maximum absolute atomic E-state index is 12.9. The van der Waals surface area contributed by atoms with E-state index >= 15 is 0 Å². The molecule has 3 heterocycles. The number of likely N-dealkylation sites (tertiary alicyclic amines) is 1. The lowest BCUT2D eigenvalue weighted by Gasteiger charge is -2.17. The molecule has 2 fully saturated rings.